The summed E-state index contributed by atoms with van der Waals surface area (Å²) in [6.45, 7) is 2.44. The molecule has 1 atom stereocenters. The third-order valence-electron chi connectivity index (χ3n) is 3.99. The maximum atomic E-state index is 12.9. The topological polar surface area (TPSA) is 63.4 Å². The second-order valence-electron chi connectivity index (χ2n) is 5.35. The van der Waals surface area contributed by atoms with Gasteiger partial charge in [0.05, 0.1) is 10.9 Å². The van der Waals surface area contributed by atoms with Gasteiger partial charge in [-0.05, 0) is 59.9 Å². The van der Waals surface area contributed by atoms with Crippen LogP contribution in [-0.4, -0.2) is 19.3 Å². The van der Waals surface area contributed by atoms with Crippen LogP contribution in [0, 0.1) is 6.92 Å². The van der Waals surface area contributed by atoms with Gasteiger partial charge in [-0.15, -0.1) is 0 Å². The summed E-state index contributed by atoms with van der Waals surface area (Å²) in [6.07, 6.45) is 1.76. The van der Waals surface area contributed by atoms with Gasteiger partial charge < -0.3 is 5.73 Å². The third-order valence-corrected chi connectivity index (χ3v) is 6.59. The molecule has 2 heterocycles. The fraction of sp³-hybridized carbons (Fsp3) is 0.333. The molecule has 0 radical (unpaired) electrons. The summed E-state index contributed by atoms with van der Waals surface area (Å²) in [5.41, 5.74) is 8.36. The number of aryl methyl sites for hydroxylation is 1. The Morgan fingerprint density at radius 3 is 2.81 bits per heavy atom. The molecule has 1 aliphatic rings. The highest BCUT2D eigenvalue weighted by atomic mass is 32.2. The number of anilines is 1. The van der Waals surface area contributed by atoms with Gasteiger partial charge in [0.2, 0.25) is 10.0 Å². The lowest BCUT2D eigenvalue weighted by atomic mass is 10.1. The zero-order valence-corrected chi connectivity index (χ0v) is 13.5. The van der Waals surface area contributed by atoms with Crippen molar-refractivity contribution in [3.8, 4) is 0 Å². The van der Waals surface area contributed by atoms with Gasteiger partial charge >= 0.3 is 0 Å². The van der Waals surface area contributed by atoms with Crippen molar-refractivity contribution in [1.29, 1.82) is 0 Å². The molecule has 1 fully saturated rings. The lowest BCUT2D eigenvalue weighted by molar-refractivity contribution is 0.397. The molecular weight excluding hydrogens is 304 g/mol. The number of sulfonamides is 1. The van der Waals surface area contributed by atoms with E-state index in [1.165, 1.54) is 0 Å². The first-order valence-electron chi connectivity index (χ1n) is 6.90. The zero-order valence-electron chi connectivity index (χ0n) is 11.8. The van der Waals surface area contributed by atoms with Crippen molar-refractivity contribution in [2.24, 2.45) is 0 Å². The van der Waals surface area contributed by atoms with Crippen LogP contribution < -0.4 is 5.73 Å². The Hall–Kier alpha value is -1.37. The molecule has 6 heteroatoms. The fourth-order valence-corrected chi connectivity index (χ4v) is 5.17. The van der Waals surface area contributed by atoms with Crippen LogP contribution in [0.15, 0.2) is 39.9 Å². The molecule has 1 saturated heterocycles. The van der Waals surface area contributed by atoms with E-state index in [2.05, 4.69) is 0 Å². The summed E-state index contributed by atoms with van der Waals surface area (Å²) in [4.78, 5) is 0.285. The van der Waals surface area contributed by atoms with E-state index in [0.29, 0.717) is 12.2 Å². The number of nitrogen functional groups attached to an aromatic ring is 1. The lowest BCUT2D eigenvalue weighted by Gasteiger charge is -2.24. The molecule has 1 aromatic carbocycles. The summed E-state index contributed by atoms with van der Waals surface area (Å²) in [5.74, 6) is 0. The number of nitrogens with zero attached hydrogens (tertiary/aromatic N) is 1. The Labute approximate surface area is 129 Å². The standard InChI is InChI=1S/C15H18N2O2S2/c1-11-4-5-13(9-14(11)16)21(18,19)17-7-2-3-15(17)12-6-8-20-10-12/h4-6,8-10,15H,2-3,7,16H2,1H3. The highest BCUT2D eigenvalue weighted by Gasteiger charge is 2.36. The molecule has 1 aromatic heterocycles. The minimum absolute atomic E-state index is 0.0521. The number of benzene rings is 1. The van der Waals surface area contributed by atoms with Crippen LogP contribution in [0.2, 0.25) is 0 Å². The molecule has 4 nitrogen and oxygen atoms in total. The van der Waals surface area contributed by atoms with Crippen molar-refractivity contribution < 1.29 is 8.42 Å². The Bertz CT molecular complexity index is 739. The van der Waals surface area contributed by atoms with Crippen LogP contribution in [0.4, 0.5) is 5.69 Å². The summed E-state index contributed by atoms with van der Waals surface area (Å²) in [7, 11) is -3.50. The molecule has 21 heavy (non-hydrogen) atoms. The number of rotatable bonds is 3. The maximum absolute atomic E-state index is 12.9. The van der Waals surface area contributed by atoms with E-state index >= 15 is 0 Å². The summed E-state index contributed by atoms with van der Waals surface area (Å²) in [5, 5.41) is 4.02. The van der Waals surface area contributed by atoms with Crippen LogP contribution in [0.5, 0.6) is 0 Å². The summed E-state index contributed by atoms with van der Waals surface area (Å²) < 4.78 is 27.4. The second kappa shape index (κ2) is 5.44. The first-order chi connectivity index (χ1) is 10.00. The maximum Gasteiger partial charge on any atom is 0.243 e. The third kappa shape index (κ3) is 2.59. The van der Waals surface area contributed by atoms with Crippen molar-refractivity contribution in [1.82, 2.24) is 4.31 Å². The van der Waals surface area contributed by atoms with Gasteiger partial charge in [0, 0.05) is 12.2 Å². The average molecular weight is 322 g/mol. The minimum Gasteiger partial charge on any atom is -0.398 e. The van der Waals surface area contributed by atoms with Crippen molar-refractivity contribution in [2.75, 3.05) is 12.3 Å². The minimum atomic E-state index is -3.50. The highest BCUT2D eigenvalue weighted by molar-refractivity contribution is 7.89. The van der Waals surface area contributed by atoms with E-state index < -0.39 is 10.0 Å². The SMILES string of the molecule is Cc1ccc(S(=O)(=O)N2CCCC2c2ccsc2)cc1N. The molecule has 3 rings (SSSR count). The number of nitrogens with two attached hydrogens (primary N) is 1. The Morgan fingerprint density at radius 2 is 2.14 bits per heavy atom. The molecule has 112 valence electrons. The van der Waals surface area contributed by atoms with E-state index in [9.17, 15) is 8.42 Å². The summed E-state index contributed by atoms with van der Waals surface area (Å²) in [6, 6.07) is 6.92. The number of thiophene rings is 1. The van der Waals surface area contributed by atoms with Crippen molar-refractivity contribution >= 4 is 27.0 Å². The first-order valence-corrected chi connectivity index (χ1v) is 9.28. The van der Waals surface area contributed by atoms with Gasteiger partial charge in [-0.25, -0.2) is 8.42 Å². The van der Waals surface area contributed by atoms with E-state index in [1.807, 2.05) is 23.8 Å². The molecule has 0 bridgehead atoms. The van der Waals surface area contributed by atoms with Crippen LogP contribution in [-0.2, 0) is 10.0 Å². The molecule has 0 amide bonds. The number of hydrogen-bond acceptors (Lipinski definition) is 4. The Morgan fingerprint density at radius 1 is 1.33 bits per heavy atom. The van der Waals surface area contributed by atoms with Crippen LogP contribution >= 0.6 is 11.3 Å². The van der Waals surface area contributed by atoms with Gasteiger partial charge in [0.25, 0.3) is 0 Å². The quantitative estimate of drug-likeness (QED) is 0.883. The van der Waals surface area contributed by atoms with Crippen molar-refractivity contribution in [3.05, 3.63) is 46.2 Å². The van der Waals surface area contributed by atoms with Gasteiger partial charge in [-0.1, -0.05) is 6.07 Å². The zero-order chi connectivity index (χ0) is 15.0. The molecule has 2 N–H and O–H groups in total. The molecule has 0 saturated carbocycles. The molecule has 2 aromatic rings. The smallest absolute Gasteiger partial charge is 0.243 e. The van der Waals surface area contributed by atoms with Crippen LogP contribution in [0.3, 0.4) is 0 Å². The largest absolute Gasteiger partial charge is 0.398 e. The van der Waals surface area contributed by atoms with Gasteiger partial charge in [0.1, 0.15) is 0 Å². The van der Waals surface area contributed by atoms with E-state index in [1.54, 1.807) is 33.8 Å². The molecule has 1 aliphatic heterocycles. The van der Waals surface area contributed by atoms with Crippen LogP contribution in [0.25, 0.3) is 0 Å². The normalized spacial score (nSPS) is 20.0. The van der Waals surface area contributed by atoms with Gasteiger partial charge in [0.15, 0.2) is 0 Å². The molecule has 0 aliphatic carbocycles. The number of hydrogen-bond donors (Lipinski definition) is 1. The lowest BCUT2D eigenvalue weighted by Crippen LogP contribution is -2.30. The van der Waals surface area contributed by atoms with Gasteiger partial charge in [-0.3, -0.25) is 0 Å². The second-order valence-corrected chi connectivity index (χ2v) is 8.02. The van der Waals surface area contributed by atoms with Crippen LogP contribution in [0.1, 0.15) is 30.0 Å². The molecule has 0 spiro atoms. The average Bonchev–Trinajstić information content (AvgIpc) is 3.11. The highest BCUT2D eigenvalue weighted by Crippen LogP contribution is 2.37. The van der Waals surface area contributed by atoms with Crippen molar-refractivity contribution in [3.63, 3.8) is 0 Å². The van der Waals surface area contributed by atoms with Crippen molar-refractivity contribution in [2.45, 2.75) is 30.7 Å². The van der Waals surface area contributed by atoms with Gasteiger partial charge in [-0.2, -0.15) is 15.6 Å². The predicted octanol–water partition coefficient (Wildman–Crippen LogP) is 3.16. The molecular formula is C15H18N2O2S2. The predicted molar refractivity (Wildman–Crippen MR) is 85.8 cm³/mol. The molecule has 1 unspecified atom stereocenters. The first kappa shape index (κ1) is 14.6. The van der Waals surface area contributed by atoms with E-state index in [4.69, 9.17) is 5.73 Å². The van der Waals surface area contributed by atoms with E-state index in [0.717, 1.165) is 24.0 Å². The Kier molecular flexibility index (Phi) is 3.77. The Balaban J connectivity index is 1.99. The fourth-order valence-electron chi connectivity index (χ4n) is 2.74. The summed E-state index contributed by atoms with van der Waals surface area (Å²) >= 11 is 1.60. The van der Waals surface area contributed by atoms with E-state index in [-0.39, 0.29) is 10.9 Å². The monoisotopic (exact) mass is 322 g/mol.